The minimum Gasteiger partial charge on any atom is -0.486 e. The van der Waals surface area contributed by atoms with Crippen LogP contribution in [0.3, 0.4) is 0 Å². The van der Waals surface area contributed by atoms with Crippen molar-refractivity contribution in [2.45, 2.75) is 51.9 Å². The highest BCUT2D eigenvalue weighted by Gasteiger charge is 2.27. The molecule has 5 N–H and O–H groups in total. The highest BCUT2D eigenvalue weighted by Crippen LogP contribution is 2.42. The van der Waals surface area contributed by atoms with Crippen LogP contribution in [0.4, 0.5) is 24.6 Å². The quantitative estimate of drug-likeness (QED) is 0.269. The number of amidine groups is 1. The van der Waals surface area contributed by atoms with Crippen molar-refractivity contribution >= 4 is 22.9 Å². The number of likely N-dealkylation sites (N-methyl/N-ethyl adjacent to an activating group) is 1. The fraction of sp³-hybridized carbons (Fsp3) is 0.444. The Morgan fingerprint density at radius 2 is 1.89 bits per heavy atom. The summed E-state index contributed by atoms with van der Waals surface area (Å²) >= 11 is 0. The van der Waals surface area contributed by atoms with E-state index in [1.165, 1.54) is 37.5 Å². The van der Waals surface area contributed by atoms with Crippen LogP contribution in [0.1, 0.15) is 61.6 Å². The van der Waals surface area contributed by atoms with E-state index < -0.39 is 11.6 Å². The number of ether oxygens (including phenoxy) is 1. The van der Waals surface area contributed by atoms with E-state index in [0.29, 0.717) is 29.3 Å². The number of rotatable bonds is 9. The fourth-order valence-corrected chi connectivity index (χ4v) is 4.11. The van der Waals surface area contributed by atoms with Crippen LogP contribution >= 0.6 is 0 Å². The first kappa shape index (κ1) is 26.7. The van der Waals surface area contributed by atoms with Crippen molar-refractivity contribution in [1.29, 1.82) is 0 Å². The molecule has 0 spiro atoms. The van der Waals surface area contributed by atoms with Gasteiger partial charge in [-0.05, 0) is 68.0 Å². The van der Waals surface area contributed by atoms with E-state index >= 15 is 4.48 Å². The third kappa shape index (κ3) is 6.49. The Morgan fingerprint density at radius 1 is 1.14 bits per heavy atom. The van der Waals surface area contributed by atoms with E-state index in [0.717, 1.165) is 30.4 Å². The zero-order valence-corrected chi connectivity index (χ0v) is 21.5. The van der Waals surface area contributed by atoms with Crippen LogP contribution in [-0.2, 0) is 4.74 Å². The van der Waals surface area contributed by atoms with Crippen molar-refractivity contribution in [2.75, 3.05) is 25.3 Å². The van der Waals surface area contributed by atoms with Gasteiger partial charge in [0.1, 0.15) is 29.6 Å². The molecule has 2 saturated carbocycles. The maximum absolute atomic E-state index is 15.4. The summed E-state index contributed by atoms with van der Waals surface area (Å²) in [6.07, 6.45) is 6.45. The molecule has 5 rings (SSSR count). The summed E-state index contributed by atoms with van der Waals surface area (Å²) in [5.41, 5.74) is 12.6. The molecule has 2 aromatic rings. The Morgan fingerprint density at radius 3 is 2.49 bits per heavy atom. The van der Waals surface area contributed by atoms with Crippen LogP contribution < -0.4 is 27.1 Å². The Balaban J connectivity index is 0.000000572. The molecule has 200 valence electrons. The molecule has 0 saturated heterocycles. The second-order valence-electron chi connectivity index (χ2n) is 9.61. The van der Waals surface area contributed by atoms with Crippen molar-refractivity contribution < 1.29 is 18.0 Å². The van der Waals surface area contributed by atoms with Gasteiger partial charge in [-0.25, -0.2) is 14.3 Å². The van der Waals surface area contributed by atoms with E-state index in [1.54, 1.807) is 20.0 Å². The van der Waals surface area contributed by atoms with Gasteiger partial charge in [0.05, 0.1) is 5.69 Å². The number of hydrogen-bond donors (Lipinski definition) is 4. The van der Waals surface area contributed by atoms with Gasteiger partial charge in [0.15, 0.2) is 11.6 Å². The predicted octanol–water partition coefficient (Wildman–Crippen LogP) is 5.26. The van der Waals surface area contributed by atoms with Gasteiger partial charge in [-0.2, -0.15) is 5.12 Å². The standard InChI is InChI=1S/C22H25F3N6O.C5H10/c1-12-16(20-21(32-8-7-27-2)22(26)29-30-28-20)10-15(23)11-19(12)31(25)18-6-5-14(9-17(18)24)13-3-4-13;1-2-5-3-4-5/h5-6,9-11,13,27-28,30H,3-4,7-8H2,1-2H3,(H2,26,29);5H,2-4H2,1H3. The lowest BCUT2D eigenvalue weighted by molar-refractivity contribution is 0.231. The van der Waals surface area contributed by atoms with Gasteiger partial charge >= 0.3 is 0 Å². The number of nitrogens with one attached hydrogen (secondary N) is 3. The van der Waals surface area contributed by atoms with Crippen molar-refractivity contribution in [3.05, 3.63) is 64.4 Å². The minimum atomic E-state index is -0.705. The SMILES string of the molecule is CCC1CC1.CNCCOC1=C(c2cc(F)cc(N(F)c3ccc(C4CC4)cc3F)c2C)NNN=C1N. The first-order valence-corrected chi connectivity index (χ1v) is 12.8. The Labute approximate surface area is 215 Å². The second kappa shape index (κ2) is 11.8. The zero-order chi connectivity index (χ0) is 26.5. The third-order valence-electron chi connectivity index (χ3n) is 6.75. The molecule has 0 bridgehead atoms. The summed E-state index contributed by atoms with van der Waals surface area (Å²) in [6, 6.07) is 6.67. The summed E-state index contributed by atoms with van der Waals surface area (Å²) in [5.74, 6) is 0.312. The summed E-state index contributed by atoms with van der Waals surface area (Å²) in [4.78, 5) is 0. The number of hydrazone groups is 1. The topological polar surface area (TPSA) is 86.9 Å². The molecule has 0 aromatic heterocycles. The maximum Gasteiger partial charge on any atom is 0.190 e. The number of hydrazine groups is 1. The van der Waals surface area contributed by atoms with Crippen LogP contribution in [-0.4, -0.2) is 26.0 Å². The van der Waals surface area contributed by atoms with Gasteiger partial charge in [-0.15, -0.1) is 5.10 Å². The molecule has 1 heterocycles. The van der Waals surface area contributed by atoms with E-state index in [9.17, 15) is 8.78 Å². The fourth-order valence-electron chi connectivity index (χ4n) is 4.11. The molecule has 0 atom stereocenters. The van der Waals surface area contributed by atoms with Crippen LogP contribution in [0.2, 0.25) is 0 Å². The predicted molar refractivity (Wildman–Crippen MR) is 140 cm³/mol. The van der Waals surface area contributed by atoms with E-state index in [2.05, 4.69) is 28.3 Å². The number of hydrogen-bond acceptors (Lipinski definition) is 7. The Hall–Kier alpha value is -3.40. The molecular formula is C27H35F3N6O. The Bertz CT molecular complexity index is 1180. The van der Waals surface area contributed by atoms with Crippen LogP contribution in [0.5, 0.6) is 0 Å². The lowest BCUT2D eigenvalue weighted by Gasteiger charge is -2.24. The van der Waals surface area contributed by atoms with Crippen LogP contribution in [0, 0.1) is 24.5 Å². The van der Waals surface area contributed by atoms with Gasteiger partial charge in [0.25, 0.3) is 0 Å². The van der Waals surface area contributed by atoms with Gasteiger partial charge in [0.2, 0.25) is 0 Å². The molecule has 10 heteroatoms. The molecule has 7 nitrogen and oxygen atoms in total. The number of halogens is 3. The lowest BCUT2D eigenvalue weighted by atomic mass is 10.0. The monoisotopic (exact) mass is 516 g/mol. The van der Waals surface area contributed by atoms with Gasteiger partial charge in [-0.3, -0.25) is 5.43 Å². The highest BCUT2D eigenvalue weighted by atomic mass is 19.2. The molecular weight excluding hydrogens is 481 g/mol. The second-order valence-corrected chi connectivity index (χ2v) is 9.61. The molecule has 37 heavy (non-hydrogen) atoms. The summed E-state index contributed by atoms with van der Waals surface area (Å²) < 4.78 is 50.3. The maximum atomic E-state index is 15.4. The number of anilines is 2. The number of nitrogens with zero attached hydrogens (tertiary/aromatic N) is 2. The number of benzene rings is 2. The largest absolute Gasteiger partial charge is 0.486 e. The number of nitrogens with two attached hydrogens (primary N) is 1. The summed E-state index contributed by atoms with van der Waals surface area (Å²) in [5, 5.41) is 6.96. The minimum absolute atomic E-state index is 0.0545. The van der Waals surface area contributed by atoms with Crippen molar-refractivity contribution in [2.24, 2.45) is 16.8 Å². The molecule has 0 unspecified atom stereocenters. The Kier molecular flexibility index (Phi) is 8.48. The van der Waals surface area contributed by atoms with Crippen molar-refractivity contribution in [1.82, 2.24) is 16.3 Å². The average Bonchev–Trinajstić information content (AvgIpc) is 3.80. The van der Waals surface area contributed by atoms with E-state index in [1.807, 2.05) is 0 Å². The summed E-state index contributed by atoms with van der Waals surface area (Å²) in [7, 11) is 1.77. The first-order valence-electron chi connectivity index (χ1n) is 12.8. The molecule has 0 radical (unpaired) electrons. The average molecular weight is 517 g/mol. The van der Waals surface area contributed by atoms with E-state index in [-0.39, 0.29) is 34.7 Å². The van der Waals surface area contributed by atoms with Gasteiger partial charge in [-0.1, -0.05) is 36.7 Å². The lowest BCUT2D eigenvalue weighted by Crippen LogP contribution is -2.38. The van der Waals surface area contributed by atoms with Crippen molar-refractivity contribution in [3.8, 4) is 0 Å². The first-order chi connectivity index (χ1) is 17.8. The van der Waals surface area contributed by atoms with Gasteiger partial charge < -0.3 is 15.8 Å². The molecule has 3 aliphatic rings. The van der Waals surface area contributed by atoms with Crippen LogP contribution in [0.15, 0.2) is 41.2 Å². The summed E-state index contributed by atoms with van der Waals surface area (Å²) in [6.45, 7) is 4.69. The highest BCUT2D eigenvalue weighted by molar-refractivity contribution is 6.02. The van der Waals surface area contributed by atoms with Crippen molar-refractivity contribution in [3.63, 3.8) is 0 Å². The normalized spacial score (nSPS) is 16.8. The molecule has 0 amide bonds. The molecule has 2 aliphatic carbocycles. The smallest absolute Gasteiger partial charge is 0.190 e. The third-order valence-corrected chi connectivity index (χ3v) is 6.75. The molecule has 2 aromatic carbocycles. The molecule has 1 aliphatic heterocycles. The molecule has 2 fully saturated rings. The van der Waals surface area contributed by atoms with Crippen LogP contribution in [0.25, 0.3) is 5.70 Å². The van der Waals surface area contributed by atoms with E-state index in [4.69, 9.17) is 10.5 Å². The zero-order valence-electron chi connectivity index (χ0n) is 21.5. The van der Waals surface area contributed by atoms with Gasteiger partial charge in [0, 0.05) is 18.2 Å².